The molecule has 3 nitrogen and oxygen atoms in total. The van der Waals surface area contributed by atoms with Crippen LogP contribution >= 0.6 is 0 Å². The van der Waals surface area contributed by atoms with Crippen molar-refractivity contribution in [1.29, 1.82) is 0 Å². The average molecular weight is 590 g/mol. The van der Waals surface area contributed by atoms with Gasteiger partial charge in [0.1, 0.15) is 0 Å². The molecule has 0 radical (unpaired) electrons. The lowest BCUT2D eigenvalue weighted by Gasteiger charge is -2.13. The molecule has 8 aromatic rings. The fourth-order valence-electron chi connectivity index (χ4n) is 7.13. The Bertz CT molecular complexity index is 2530. The number of para-hydroxylation sites is 1. The topological polar surface area (TPSA) is 30.2 Å². The number of benzene rings is 6. The fourth-order valence-corrected chi connectivity index (χ4v) is 7.13. The van der Waals surface area contributed by atoms with Crippen molar-refractivity contribution in [3.05, 3.63) is 157 Å². The SMILES string of the molecule is CC1=CCCN=C1c1cncc(-c2ccc3c4ccc5cc(-c6ccc7ccccc7c6)ccc5c4n(-c4ccccc4)c3c2)c1. The van der Waals surface area contributed by atoms with E-state index in [4.69, 9.17) is 4.99 Å². The summed E-state index contributed by atoms with van der Waals surface area (Å²) in [5.74, 6) is 0. The van der Waals surface area contributed by atoms with Crippen molar-refractivity contribution in [3.63, 3.8) is 0 Å². The average Bonchev–Trinajstić information content (AvgIpc) is 3.46. The Balaban J connectivity index is 1.24. The molecule has 0 amide bonds. The lowest BCUT2D eigenvalue weighted by Crippen LogP contribution is -2.08. The first-order chi connectivity index (χ1) is 22.7. The van der Waals surface area contributed by atoms with Crippen LogP contribution in [0.1, 0.15) is 18.9 Å². The van der Waals surface area contributed by atoms with Crippen LogP contribution in [0.5, 0.6) is 0 Å². The largest absolute Gasteiger partial charge is 0.309 e. The highest BCUT2D eigenvalue weighted by molar-refractivity contribution is 6.19. The number of aliphatic imine (C=N–C) groups is 1. The van der Waals surface area contributed by atoms with Gasteiger partial charge in [0.25, 0.3) is 0 Å². The number of rotatable bonds is 4. The second-order valence-corrected chi connectivity index (χ2v) is 12.2. The van der Waals surface area contributed by atoms with Crippen LogP contribution in [-0.4, -0.2) is 21.8 Å². The lowest BCUT2D eigenvalue weighted by molar-refractivity contribution is 0.978. The summed E-state index contributed by atoms with van der Waals surface area (Å²) in [6.45, 7) is 2.97. The molecule has 1 aliphatic heterocycles. The third-order valence-corrected chi connectivity index (χ3v) is 9.41. The number of allylic oxidation sites excluding steroid dienone is 1. The predicted molar refractivity (Wildman–Crippen MR) is 194 cm³/mol. The van der Waals surface area contributed by atoms with E-state index in [1.807, 2.05) is 12.4 Å². The molecule has 218 valence electrons. The van der Waals surface area contributed by atoms with Gasteiger partial charge in [-0.05, 0) is 88.2 Å². The molecule has 0 fully saturated rings. The Labute approximate surface area is 267 Å². The highest BCUT2D eigenvalue weighted by Gasteiger charge is 2.17. The van der Waals surface area contributed by atoms with Gasteiger partial charge in [-0.2, -0.15) is 0 Å². The van der Waals surface area contributed by atoms with Gasteiger partial charge in [0, 0.05) is 51.9 Å². The quantitative estimate of drug-likeness (QED) is 0.201. The van der Waals surface area contributed by atoms with E-state index in [2.05, 4.69) is 150 Å². The third kappa shape index (κ3) is 4.35. The van der Waals surface area contributed by atoms with Gasteiger partial charge in [-0.1, -0.05) is 97.1 Å². The number of hydrogen-bond acceptors (Lipinski definition) is 2. The molecule has 0 bridgehead atoms. The normalized spacial score (nSPS) is 13.4. The van der Waals surface area contributed by atoms with Gasteiger partial charge >= 0.3 is 0 Å². The van der Waals surface area contributed by atoms with E-state index in [1.165, 1.54) is 60.1 Å². The van der Waals surface area contributed by atoms with Crippen molar-refractivity contribution in [2.45, 2.75) is 13.3 Å². The summed E-state index contributed by atoms with van der Waals surface area (Å²) in [7, 11) is 0. The summed E-state index contributed by atoms with van der Waals surface area (Å²) in [5.41, 5.74) is 11.6. The van der Waals surface area contributed by atoms with Gasteiger partial charge in [-0.25, -0.2) is 0 Å². The van der Waals surface area contributed by atoms with Crippen molar-refractivity contribution in [1.82, 2.24) is 9.55 Å². The van der Waals surface area contributed by atoms with Gasteiger partial charge in [0.2, 0.25) is 0 Å². The van der Waals surface area contributed by atoms with Crippen molar-refractivity contribution in [2.75, 3.05) is 6.54 Å². The van der Waals surface area contributed by atoms with E-state index in [0.29, 0.717) is 0 Å². The Morgan fingerprint density at radius 2 is 1.22 bits per heavy atom. The Kier molecular flexibility index (Phi) is 6.17. The standard InChI is InChI=1S/C43H31N3/c1-28-8-7-21-45-42(28)36-24-35(26-44-27-36)33-16-19-39-40-20-17-34-23-32(31-14-13-29-9-5-6-10-30(29)22-31)15-18-38(34)43(40)46(41(39)25-33)37-11-3-2-4-12-37/h2-6,8-20,22-27H,7,21H2,1H3. The second-order valence-electron chi connectivity index (χ2n) is 12.2. The summed E-state index contributed by atoms with van der Waals surface area (Å²) in [6.07, 6.45) is 7.17. The van der Waals surface area contributed by atoms with Gasteiger partial charge in [0.15, 0.2) is 0 Å². The highest BCUT2D eigenvalue weighted by Crippen LogP contribution is 2.39. The summed E-state index contributed by atoms with van der Waals surface area (Å²) >= 11 is 0. The zero-order chi connectivity index (χ0) is 30.6. The Morgan fingerprint density at radius 3 is 2.07 bits per heavy atom. The van der Waals surface area contributed by atoms with Gasteiger partial charge in [-0.15, -0.1) is 0 Å². The van der Waals surface area contributed by atoms with Crippen molar-refractivity contribution in [2.24, 2.45) is 4.99 Å². The van der Waals surface area contributed by atoms with Crippen LogP contribution in [-0.2, 0) is 0 Å². The highest BCUT2D eigenvalue weighted by atomic mass is 15.0. The minimum Gasteiger partial charge on any atom is -0.309 e. The minimum absolute atomic E-state index is 0.831. The first-order valence-corrected chi connectivity index (χ1v) is 15.9. The zero-order valence-electron chi connectivity index (χ0n) is 25.6. The maximum atomic E-state index is 4.82. The first kappa shape index (κ1) is 26.6. The lowest BCUT2D eigenvalue weighted by atomic mass is 9.97. The first-order valence-electron chi connectivity index (χ1n) is 15.9. The van der Waals surface area contributed by atoms with E-state index in [1.54, 1.807) is 0 Å². The van der Waals surface area contributed by atoms with Gasteiger partial charge < -0.3 is 4.57 Å². The molecule has 0 saturated carbocycles. The molecule has 46 heavy (non-hydrogen) atoms. The van der Waals surface area contributed by atoms with E-state index in [9.17, 15) is 0 Å². The molecule has 0 spiro atoms. The molecule has 0 N–H and O–H groups in total. The van der Waals surface area contributed by atoms with Crippen LogP contribution in [0.2, 0.25) is 0 Å². The number of hydrogen-bond donors (Lipinski definition) is 0. The van der Waals surface area contributed by atoms with Crippen LogP contribution < -0.4 is 0 Å². The van der Waals surface area contributed by atoms with Crippen LogP contribution in [0, 0.1) is 0 Å². The molecule has 9 rings (SSSR count). The summed E-state index contributed by atoms with van der Waals surface area (Å²) in [4.78, 5) is 9.47. The predicted octanol–water partition coefficient (Wildman–Crippen LogP) is 11.0. The molecule has 3 heteroatoms. The molecular weight excluding hydrogens is 558 g/mol. The monoisotopic (exact) mass is 589 g/mol. The van der Waals surface area contributed by atoms with Crippen molar-refractivity contribution >= 4 is 49.1 Å². The molecular formula is C43H31N3. The van der Waals surface area contributed by atoms with Crippen molar-refractivity contribution < 1.29 is 0 Å². The Hall–Kier alpha value is -5.80. The molecule has 0 saturated heterocycles. The van der Waals surface area contributed by atoms with Crippen LogP contribution in [0.4, 0.5) is 0 Å². The second kappa shape index (κ2) is 10.7. The number of dihydropyridines is 1. The van der Waals surface area contributed by atoms with Crippen LogP contribution in [0.15, 0.2) is 156 Å². The molecule has 0 aliphatic carbocycles. The van der Waals surface area contributed by atoms with Crippen molar-refractivity contribution in [3.8, 4) is 27.9 Å². The molecule has 6 aromatic carbocycles. The van der Waals surface area contributed by atoms with E-state index < -0.39 is 0 Å². The molecule has 1 aliphatic rings. The maximum Gasteiger partial charge on any atom is 0.0688 e. The van der Waals surface area contributed by atoms with E-state index >= 15 is 0 Å². The van der Waals surface area contributed by atoms with Crippen LogP contribution in [0.3, 0.4) is 0 Å². The van der Waals surface area contributed by atoms with E-state index in [0.717, 1.165) is 41.1 Å². The number of nitrogens with zero attached hydrogens (tertiary/aromatic N) is 3. The van der Waals surface area contributed by atoms with Crippen LogP contribution in [0.25, 0.3) is 71.3 Å². The fraction of sp³-hybridized carbons (Fsp3) is 0.0698. The molecule has 2 aromatic heterocycles. The molecule has 3 heterocycles. The number of fused-ring (bicyclic) bond motifs is 6. The summed E-state index contributed by atoms with van der Waals surface area (Å²) < 4.78 is 2.43. The smallest absolute Gasteiger partial charge is 0.0688 e. The maximum absolute atomic E-state index is 4.82. The number of aromatic nitrogens is 2. The third-order valence-electron chi connectivity index (χ3n) is 9.41. The summed E-state index contributed by atoms with van der Waals surface area (Å²) in [5, 5.41) is 7.48. The molecule has 0 atom stereocenters. The Morgan fingerprint density at radius 1 is 0.543 bits per heavy atom. The zero-order valence-corrected chi connectivity index (χ0v) is 25.6. The van der Waals surface area contributed by atoms with Gasteiger partial charge in [0.05, 0.1) is 16.7 Å². The number of pyridine rings is 1. The molecule has 0 unspecified atom stereocenters. The minimum atomic E-state index is 0.831. The van der Waals surface area contributed by atoms with Gasteiger partial charge in [-0.3, -0.25) is 9.98 Å². The summed E-state index contributed by atoms with van der Waals surface area (Å²) in [6, 6.07) is 46.5. The van der Waals surface area contributed by atoms with E-state index in [-0.39, 0.29) is 0 Å².